The molecule has 0 N–H and O–H groups in total. The van der Waals surface area contributed by atoms with Gasteiger partial charge in [-0.1, -0.05) is 6.42 Å². The van der Waals surface area contributed by atoms with Crippen LogP contribution >= 0.6 is 0 Å². The van der Waals surface area contributed by atoms with Gasteiger partial charge in [-0.05, 0) is 19.8 Å². The van der Waals surface area contributed by atoms with Gasteiger partial charge in [0.1, 0.15) is 0 Å². The number of rotatable bonds is 3. The van der Waals surface area contributed by atoms with Crippen LogP contribution in [0.15, 0.2) is 0 Å². The van der Waals surface area contributed by atoms with E-state index in [0.29, 0.717) is 6.41 Å². The summed E-state index contributed by atoms with van der Waals surface area (Å²) < 4.78 is 4.76. The lowest BCUT2D eigenvalue weighted by molar-refractivity contribution is -0.131. The lowest BCUT2D eigenvalue weighted by Crippen LogP contribution is -2.48. The van der Waals surface area contributed by atoms with Gasteiger partial charge in [0, 0.05) is 13.1 Å². The molecule has 0 aromatic rings. The number of hydrogen-bond acceptors (Lipinski definition) is 4. The van der Waals surface area contributed by atoms with Crippen LogP contribution in [0.5, 0.6) is 0 Å². The van der Waals surface area contributed by atoms with E-state index < -0.39 is 6.09 Å². The third kappa shape index (κ3) is 2.70. The Bertz CT molecular complexity index is 202. The molecule has 0 atom stereocenters. The SMILES string of the molecule is CCOC(=O)N(C=O)N1CCCCC1. The van der Waals surface area contributed by atoms with E-state index in [0.717, 1.165) is 37.4 Å². The first kappa shape index (κ1) is 11.0. The van der Waals surface area contributed by atoms with Gasteiger partial charge < -0.3 is 4.74 Å². The van der Waals surface area contributed by atoms with Crippen molar-refractivity contribution in [3.8, 4) is 0 Å². The second-order valence-corrected chi connectivity index (χ2v) is 3.16. The van der Waals surface area contributed by atoms with Crippen molar-refractivity contribution in [2.75, 3.05) is 19.7 Å². The molecule has 0 radical (unpaired) electrons. The standard InChI is InChI=1S/C9H16N2O3/c1-2-14-9(13)11(8-12)10-6-4-3-5-7-10/h8H,2-7H2,1H3. The number of imide groups is 1. The van der Waals surface area contributed by atoms with Crippen molar-refractivity contribution in [2.24, 2.45) is 0 Å². The number of amides is 2. The topological polar surface area (TPSA) is 49.9 Å². The zero-order chi connectivity index (χ0) is 10.4. The minimum absolute atomic E-state index is 0.289. The van der Waals surface area contributed by atoms with Crippen LogP contribution in [0.4, 0.5) is 4.79 Å². The Morgan fingerprint density at radius 2 is 2.07 bits per heavy atom. The van der Waals surface area contributed by atoms with Crippen molar-refractivity contribution in [1.82, 2.24) is 10.0 Å². The van der Waals surface area contributed by atoms with E-state index in [4.69, 9.17) is 4.74 Å². The van der Waals surface area contributed by atoms with Crippen molar-refractivity contribution in [3.05, 3.63) is 0 Å². The Balaban J connectivity index is 2.50. The van der Waals surface area contributed by atoms with E-state index in [1.165, 1.54) is 0 Å². The van der Waals surface area contributed by atoms with Crippen LogP contribution in [0.3, 0.4) is 0 Å². The molecule has 0 aromatic heterocycles. The molecule has 1 fully saturated rings. The monoisotopic (exact) mass is 200 g/mol. The van der Waals surface area contributed by atoms with Crippen LogP contribution in [0.25, 0.3) is 0 Å². The summed E-state index contributed by atoms with van der Waals surface area (Å²) in [5.74, 6) is 0. The van der Waals surface area contributed by atoms with Crippen molar-refractivity contribution < 1.29 is 14.3 Å². The number of hydrogen-bond donors (Lipinski definition) is 0. The molecule has 2 amide bonds. The summed E-state index contributed by atoms with van der Waals surface area (Å²) >= 11 is 0. The maximum atomic E-state index is 11.3. The summed E-state index contributed by atoms with van der Waals surface area (Å²) in [6.07, 6.45) is 3.13. The molecule has 1 saturated heterocycles. The first-order valence-electron chi connectivity index (χ1n) is 4.95. The third-order valence-electron chi connectivity index (χ3n) is 2.19. The van der Waals surface area contributed by atoms with Gasteiger partial charge in [-0.15, -0.1) is 0 Å². The van der Waals surface area contributed by atoms with Crippen LogP contribution in [-0.2, 0) is 9.53 Å². The summed E-state index contributed by atoms with van der Waals surface area (Å²) in [4.78, 5) is 22.0. The molecular weight excluding hydrogens is 184 g/mol. The molecule has 0 aliphatic carbocycles. The van der Waals surface area contributed by atoms with Crippen molar-refractivity contribution in [2.45, 2.75) is 26.2 Å². The highest BCUT2D eigenvalue weighted by Crippen LogP contribution is 2.11. The highest BCUT2D eigenvalue weighted by molar-refractivity contribution is 5.79. The van der Waals surface area contributed by atoms with E-state index in [1.54, 1.807) is 11.9 Å². The van der Waals surface area contributed by atoms with Gasteiger partial charge in [-0.2, -0.15) is 5.01 Å². The Kier molecular flexibility index (Phi) is 4.39. The second-order valence-electron chi connectivity index (χ2n) is 3.16. The van der Waals surface area contributed by atoms with Crippen LogP contribution in [0.1, 0.15) is 26.2 Å². The summed E-state index contributed by atoms with van der Waals surface area (Å²) in [7, 11) is 0. The Morgan fingerprint density at radius 1 is 1.43 bits per heavy atom. The Morgan fingerprint density at radius 3 is 2.57 bits per heavy atom. The minimum Gasteiger partial charge on any atom is -0.448 e. The van der Waals surface area contributed by atoms with E-state index in [9.17, 15) is 9.59 Å². The lowest BCUT2D eigenvalue weighted by atomic mass is 10.2. The van der Waals surface area contributed by atoms with E-state index >= 15 is 0 Å². The van der Waals surface area contributed by atoms with Gasteiger partial charge in [0.05, 0.1) is 6.61 Å². The fourth-order valence-corrected chi connectivity index (χ4v) is 1.51. The molecule has 0 aromatic carbocycles. The minimum atomic E-state index is -0.579. The molecule has 0 saturated carbocycles. The summed E-state index contributed by atoms with van der Waals surface area (Å²) in [5.41, 5.74) is 0. The molecule has 5 nitrogen and oxygen atoms in total. The van der Waals surface area contributed by atoms with Crippen molar-refractivity contribution >= 4 is 12.5 Å². The van der Waals surface area contributed by atoms with Crippen molar-refractivity contribution in [3.63, 3.8) is 0 Å². The van der Waals surface area contributed by atoms with Gasteiger partial charge in [-0.3, -0.25) is 4.79 Å². The van der Waals surface area contributed by atoms with E-state index in [-0.39, 0.29) is 6.61 Å². The molecule has 1 aliphatic rings. The molecule has 0 bridgehead atoms. The molecular formula is C9H16N2O3. The zero-order valence-corrected chi connectivity index (χ0v) is 8.44. The molecule has 80 valence electrons. The Labute approximate surface area is 83.6 Å². The highest BCUT2D eigenvalue weighted by atomic mass is 16.6. The molecule has 0 spiro atoms. The number of piperidine rings is 1. The molecule has 0 unspecified atom stereocenters. The summed E-state index contributed by atoms with van der Waals surface area (Å²) in [6, 6.07) is 0. The number of nitrogens with zero attached hydrogens (tertiary/aromatic N) is 2. The number of carbonyl (C=O) groups is 2. The summed E-state index contributed by atoms with van der Waals surface area (Å²) in [5, 5.41) is 2.76. The van der Waals surface area contributed by atoms with Gasteiger partial charge in [0.2, 0.25) is 6.41 Å². The van der Waals surface area contributed by atoms with Gasteiger partial charge in [-0.25, -0.2) is 9.80 Å². The Hall–Kier alpha value is -1.10. The first-order valence-corrected chi connectivity index (χ1v) is 4.95. The lowest BCUT2D eigenvalue weighted by Gasteiger charge is -2.32. The molecule has 1 aliphatic heterocycles. The normalized spacial score (nSPS) is 17.5. The fraction of sp³-hybridized carbons (Fsp3) is 0.778. The van der Waals surface area contributed by atoms with E-state index in [1.807, 2.05) is 0 Å². The number of hydrazine groups is 1. The van der Waals surface area contributed by atoms with Crippen LogP contribution in [-0.4, -0.2) is 42.2 Å². The predicted molar refractivity (Wildman–Crippen MR) is 50.3 cm³/mol. The largest absolute Gasteiger partial charge is 0.448 e. The van der Waals surface area contributed by atoms with Crippen LogP contribution in [0.2, 0.25) is 0 Å². The average Bonchev–Trinajstić information content (AvgIpc) is 2.21. The van der Waals surface area contributed by atoms with Crippen LogP contribution < -0.4 is 0 Å². The predicted octanol–water partition coefficient (Wildman–Crippen LogP) is 1.00. The second kappa shape index (κ2) is 5.59. The fourth-order valence-electron chi connectivity index (χ4n) is 1.51. The molecule has 1 heterocycles. The molecule has 5 heteroatoms. The van der Waals surface area contributed by atoms with Gasteiger partial charge in [0.15, 0.2) is 0 Å². The zero-order valence-electron chi connectivity index (χ0n) is 8.44. The smallest absolute Gasteiger partial charge is 0.431 e. The van der Waals surface area contributed by atoms with Crippen molar-refractivity contribution in [1.29, 1.82) is 0 Å². The van der Waals surface area contributed by atoms with Crippen LogP contribution in [0, 0.1) is 0 Å². The third-order valence-corrected chi connectivity index (χ3v) is 2.19. The average molecular weight is 200 g/mol. The first-order chi connectivity index (χ1) is 6.79. The molecule has 14 heavy (non-hydrogen) atoms. The number of carbonyl (C=O) groups excluding carboxylic acids is 2. The van der Waals surface area contributed by atoms with Gasteiger partial charge in [0.25, 0.3) is 0 Å². The maximum Gasteiger partial charge on any atom is 0.431 e. The highest BCUT2D eigenvalue weighted by Gasteiger charge is 2.23. The number of ether oxygens (including phenoxy) is 1. The van der Waals surface area contributed by atoms with Gasteiger partial charge >= 0.3 is 6.09 Å². The summed E-state index contributed by atoms with van der Waals surface area (Å²) in [6.45, 7) is 3.50. The molecule has 1 rings (SSSR count). The van der Waals surface area contributed by atoms with E-state index in [2.05, 4.69) is 0 Å². The quantitative estimate of drug-likeness (QED) is 0.638. The maximum absolute atomic E-state index is 11.3.